The normalized spacial score (nSPS) is 15.6. The van der Waals surface area contributed by atoms with E-state index in [1.807, 2.05) is 12.1 Å². The van der Waals surface area contributed by atoms with Gasteiger partial charge in [0.25, 0.3) is 5.91 Å². The van der Waals surface area contributed by atoms with Gasteiger partial charge in [0, 0.05) is 45.2 Å². The quantitative estimate of drug-likeness (QED) is 0.648. The zero-order valence-electron chi connectivity index (χ0n) is 16.6. The molecular formula is C21H27FN4O2. The number of carbonyl (C=O) groups excluding carboxylic acids is 1. The van der Waals surface area contributed by atoms with E-state index in [4.69, 9.17) is 4.42 Å². The SMILES string of the molecule is CN=C(NCC(C)(C)c1ccc(F)cc1)N1CCN(C(=O)c2ccco2)CC1. The summed E-state index contributed by atoms with van der Waals surface area (Å²) in [6.45, 7) is 7.51. The molecule has 1 saturated heterocycles. The van der Waals surface area contributed by atoms with Crippen molar-refractivity contribution in [3.05, 3.63) is 59.8 Å². The lowest BCUT2D eigenvalue weighted by Crippen LogP contribution is -2.54. The number of nitrogens with one attached hydrogen (secondary N) is 1. The number of hydrogen-bond donors (Lipinski definition) is 1. The molecule has 1 aliphatic rings. The van der Waals surface area contributed by atoms with Crippen LogP contribution in [-0.4, -0.2) is 61.4 Å². The second-order valence-electron chi connectivity index (χ2n) is 7.55. The fourth-order valence-electron chi connectivity index (χ4n) is 3.31. The molecule has 28 heavy (non-hydrogen) atoms. The largest absolute Gasteiger partial charge is 0.459 e. The third kappa shape index (κ3) is 4.52. The summed E-state index contributed by atoms with van der Waals surface area (Å²) in [4.78, 5) is 20.7. The molecular weight excluding hydrogens is 359 g/mol. The molecule has 150 valence electrons. The van der Waals surface area contributed by atoms with Crippen molar-refractivity contribution in [1.29, 1.82) is 0 Å². The van der Waals surface area contributed by atoms with E-state index in [0.29, 0.717) is 38.5 Å². The fraction of sp³-hybridized carbons (Fsp3) is 0.429. The highest BCUT2D eigenvalue weighted by Crippen LogP contribution is 2.22. The molecule has 1 N–H and O–H groups in total. The summed E-state index contributed by atoms with van der Waals surface area (Å²) in [6, 6.07) is 10.0. The van der Waals surface area contributed by atoms with Crippen LogP contribution in [0.15, 0.2) is 52.1 Å². The summed E-state index contributed by atoms with van der Waals surface area (Å²) < 4.78 is 18.4. The number of guanidine groups is 1. The van der Waals surface area contributed by atoms with Gasteiger partial charge in [-0.2, -0.15) is 0 Å². The smallest absolute Gasteiger partial charge is 0.289 e. The molecule has 0 atom stereocenters. The van der Waals surface area contributed by atoms with Crippen LogP contribution in [0.3, 0.4) is 0 Å². The summed E-state index contributed by atoms with van der Waals surface area (Å²) in [5.41, 5.74) is 0.881. The standard InChI is InChI=1S/C21H27FN4O2/c1-21(2,16-6-8-17(22)9-7-16)15-24-20(23-3)26-12-10-25(11-13-26)19(27)18-5-4-14-28-18/h4-9,14H,10-13,15H2,1-3H3,(H,23,24). The van der Waals surface area contributed by atoms with Crippen molar-refractivity contribution >= 4 is 11.9 Å². The van der Waals surface area contributed by atoms with E-state index in [1.165, 1.54) is 18.4 Å². The van der Waals surface area contributed by atoms with E-state index in [0.717, 1.165) is 11.5 Å². The third-order valence-electron chi connectivity index (χ3n) is 5.12. The van der Waals surface area contributed by atoms with E-state index in [-0.39, 0.29) is 17.1 Å². The van der Waals surface area contributed by atoms with Crippen LogP contribution in [0.1, 0.15) is 30.0 Å². The van der Waals surface area contributed by atoms with E-state index in [1.54, 1.807) is 24.1 Å². The lowest BCUT2D eigenvalue weighted by atomic mass is 9.84. The van der Waals surface area contributed by atoms with Crippen molar-refractivity contribution in [2.45, 2.75) is 19.3 Å². The van der Waals surface area contributed by atoms with Crippen LogP contribution in [0.2, 0.25) is 0 Å². The Kier molecular flexibility index (Phi) is 6.02. The van der Waals surface area contributed by atoms with Crippen LogP contribution in [0.4, 0.5) is 4.39 Å². The molecule has 1 aromatic heterocycles. The van der Waals surface area contributed by atoms with Crippen molar-refractivity contribution < 1.29 is 13.6 Å². The summed E-state index contributed by atoms with van der Waals surface area (Å²) in [5, 5.41) is 3.42. The van der Waals surface area contributed by atoms with Gasteiger partial charge in [0.2, 0.25) is 0 Å². The van der Waals surface area contributed by atoms with Gasteiger partial charge < -0.3 is 19.5 Å². The highest BCUT2D eigenvalue weighted by atomic mass is 19.1. The number of carbonyl (C=O) groups is 1. The summed E-state index contributed by atoms with van der Waals surface area (Å²) >= 11 is 0. The molecule has 0 bridgehead atoms. The van der Waals surface area contributed by atoms with Crippen LogP contribution in [0, 0.1) is 5.82 Å². The number of aliphatic imine (C=N–C) groups is 1. The molecule has 6 nitrogen and oxygen atoms in total. The first-order valence-corrected chi connectivity index (χ1v) is 9.45. The van der Waals surface area contributed by atoms with Crippen molar-refractivity contribution in [2.75, 3.05) is 39.8 Å². The lowest BCUT2D eigenvalue weighted by molar-refractivity contribution is 0.0657. The average Bonchev–Trinajstić information content (AvgIpc) is 3.23. The Balaban J connectivity index is 1.55. The summed E-state index contributed by atoms with van der Waals surface area (Å²) in [7, 11) is 1.76. The molecule has 0 spiro atoms. The Morgan fingerprint density at radius 1 is 1.14 bits per heavy atom. The predicted molar refractivity (Wildman–Crippen MR) is 107 cm³/mol. The first-order valence-electron chi connectivity index (χ1n) is 9.45. The summed E-state index contributed by atoms with van der Waals surface area (Å²) in [5.74, 6) is 0.868. The molecule has 0 unspecified atom stereocenters. The van der Waals surface area contributed by atoms with Crippen molar-refractivity contribution in [2.24, 2.45) is 4.99 Å². The number of hydrogen-bond acceptors (Lipinski definition) is 3. The molecule has 1 fully saturated rings. The molecule has 1 amide bonds. The molecule has 0 aliphatic carbocycles. The number of benzene rings is 1. The molecule has 3 rings (SSSR count). The Hall–Kier alpha value is -2.83. The zero-order chi connectivity index (χ0) is 20.1. The van der Waals surface area contributed by atoms with Crippen LogP contribution >= 0.6 is 0 Å². The Labute approximate surface area is 165 Å². The zero-order valence-corrected chi connectivity index (χ0v) is 16.6. The molecule has 0 saturated carbocycles. The number of halogens is 1. The van der Waals surface area contributed by atoms with Crippen LogP contribution in [0.5, 0.6) is 0 Å². The Morgan fingerprint density at radius 2 is 1.79 bits per heavy atom. The van der Waals surface area contributed by atoms with E-state index in [2.05, 4.69) is 29.1 Å². The number of nitrogens with zero attached hydrogens (tertiary/aromatic N) is 3. The maximum atomic E-state index is 13.2. The van der Waals surface area contributed by atoms with Crippen molar-refractivity contribution in [1.82, 2.24) is 15.1 Å². The predicted octanol–water partition coefficient (Wildman–Crippen LogP) is 2.73. The second-order valence-corrected chi connectivity index (χ2v) is 7.55. The monoisotopic (exact) mass is 386 g/mol. The number of piperazine rings is 1. The Bertz CT molecular complexity index is 807. The fourth-order valence-corrected chi connectivity index (χ4v) is 3.31. The minimum Gasteiger partial charge on any atom is -0.459 e. The van der Waals surface area contributed by atoms with E-state index >= 15 is 0 Å². The maximum Gasteiger partial charge on any atom is 0.289 e. The van der Waals surface area contributed by atoms with Crippen molar-refractivity contribution in [3.8, 4) is 0 Å². The highest BCUT2D eigenvalue weighted by molar-refractivity contribution is 5.91. The molecule has 0 radical (unpaired) electrons. The average molecular weight is 386 g/mol. The number of amides is 1. The van der Waals surface area contributed by atoms with Gasteiger partial charge >= 0.3 is 0 Å². The van der Waals surface area contributed by atoms with Gasteiger partial charge in [0.15, 0.2) is 11.7 Å². The van der Waals surface area contributed by atoms with Gasteiger partial charge in [0.05, 0.1) is 6.26 Å². The Morgan fingerprint density at radius 3 is 2.36 bits per heavy atom. The van der Waals surface area contributed by atoms with Gasteiger partial charge in [-0.1, -0.05) is 26.0 Å². The molecule has 1 aliphatic heterocycles. The first kappa shape index (κ1) is 19.9. The highest BCUT2D eigenvalue weighted by Gasteiger charge is 2.27. The minimum absolute atomic E-state index is 0.0787. The van der Waals surface area contributed by atoms with Gasteiger partial charge in [-0.15, -0.1) is 0 Å². The van der Waals surface area contributed by atoms with Crippen LogP contribution in [0.25, 0.3) is 0 Å². The number of rotatable bonds is 4. The summed E-state index contributed by atoms with van der Waals surface area (Å²) in [6.07, 6.45) is 1.51. The topological polar surface area (TPSA) is 61.1 Å². The van der Waals surface area contributed by atoms with E-state index < -0.39 is 0 Å². The third-order valence-corrected chi connectivity index (χ3v) is 5.12. The minimum atomic E-state index is -0.231. The van der Waals surface area contributed by atoms with Gasteiger partial charge in [0.1, 0.15) is 5.82 Å². The lowest BCUT2D eigenvalue weighted by Gasteiger charge is -2.37. The number of furan rings is 1. The molecule has 2 heterocycles. The van der Waals surface area contributed by atoms with Gasteiger partial charge in [-0.05, 0) is 29.8 Å². The molecule has 2 aromatic rings. The maximum absolute atomic E-state index is 13.2. The van der Waals surface area contributed by atoms with E-state index in [9.17, 15) is 9.18 Å². The van der Waals surface area contributed by atoms with Crippen molar-refractivity contribution in [3.63, 3.8) is 0 Å². The van der Waals surface area contributed by atoms with Gasteiger partial charge in [-0.25, -0.2) is 4.39 Å². The van der Waals surface area contributed by atoms with Crippen LogP contribution < -0.4 is 5.32 Å². The first-order chi connectivity index (χ1) is 13.4. The van der Waals surface area contributed by atoms with Crippen LogP contribution in [-0.2, 0) is 5.41 Å². The molecule has 7 heteroatoms. The molecule has 1 aromatic carbocycles. The second kappa shape index (κ2) is 8.46. The van der Waals surface area contributed by atoms with Gasteiger partial charge in [-0.3, -0.25) is 9.79 Å².